The van der Waals surface area contributed by atoms with Gasteiger partial charge in [0.1, 0.15) is 11.6 Å². The molecule has 2 aliphatic rings. The molecule has 31 heavy (non-hydrogen) atoms. The number of halogens is 1. The summed E-state index contributed by atoms with van der Waals surface area (Å²) in [6.45, 7) is 4.05. The zero-order valence-electron chi connectivity index (χ0n) is 18.1. The maximum absolute atomic E-state index is 14.1. The molecule has 4 rings (SSSR count). The molecule has 0 saturated carbocycles. The van der Waals surface area contributed by atoms with Crippen LogP contribution >= 0.6 is 0 Å². The number of hydrogen-bond acceptors (Lipinski definition) is 5. The van der Waals surface area contributed by atoms with E-state index in [1.807, 2.05) is 18.2 Å². The minimum absolute atomic E-state index is 0.0101. The minimum Gasteiger partial charge on any atom is -0.496 e. The highest BCUT2D eigenvalue weighted by Crippen LogP contribution is 2.38. The Hall–Kier alpha value is -1.99. The lowest BCUT2D eigenvalue weighted by Crippen LogP contribution is -2.59. The van der Waals surface area contributed by atoms with Gasteiger partial charge in [-0.1, -0.05) is 30.3 Å². The lowest BCUT2D eigenvalue weighted by molar-refractivity contribution is -0.181. The largest absolute Gasteiger partial charge is 0.496 e. The quantitative estimate of drug-likeness (QED) is 0.731. The molecule has 5 nitrogen and oxygen atoms in total. The zero-order valence-corrected chi connectivity index (χ0v) is 18.1. The zero-order chi connectivity index (χ0) is 21.7. The summed E-state index contributed by atoms with van der Waals surface area (Å²) in [5, 5.41) is 12.1. The Morgan fingerprint density at radius 2 is 1.90 bits per heavy atom. The molecule has 2 saturated heterocycles. The van der Waals surface area contributed by atoms with Crippen LogP contribution in [0.4, 0.5) is 4.39 Å². The van der Waals surface area contributed by atoms with Gasteiger partial charge in [-0.3, -0.25) is 4.90 Å². The molecule has 2 atom stereocenters. The van der Waals surface area contributed by atoms with Crippen LogP contribution in [0.25, 0.3) is 0 Å². The van der Waals surface area contributed by atoms with Gasteiger partial charge in [0.05, 0.1) is 25.4 Å². The average molecular weight is 430 g/mol. The SMILES string of the molecule is COc1ccc(F)cc1C[C@@](O)(C1CCOCC1)[C@@H]1CN(Cc2ccccc2)CCO1. The van der Waals surface area contributed by atoms with Crippen LogP contribution < -0.4 is 4.74 Å². The Balaban J connectivity index is 1.59. The van der Waals surface area contributed by atoms with Crippen molar-refractivity contribution in [3.8, 4) is 5.75 Å². The molecule has 2 aromatic carbocycles. The van der Waals surface area contributed by atoms with Crippen molar-refractivity contribution in [1.82, 2.24) is 4.90 Å². The molecule has 2 heterocycles. The van der Waals surface area contributed by atoms with Crippen molar-refractivity contribution >= 4 is 0 Å². The Morgan fingerprint density at radius 3 is 2.65 bits per heavy atom. The lowest BCUT2D eigenvalue weighted by atomic mass is 9.73. The third-order valence-electron chi connectivity index (χ3n) is 6.60. The Bertz CT molecular complexity index is 843. The second-order valence-corrected chi connectivity index (χ2v) is 8.59. The second kappa shape index (κ2) is 10.1. The molecule has 0 radical (unpaired) electrons. The number of rotatable bonds is 7. The van der Waals surface area contributed by atoms with E-state index in [1.165, 1.54) is 17.7 Å². The van der Waals surface area contributed by atoms with E-state index >= 15 is 0 Å². The van der Waals surface area contributed by atoms with Gasteiger partial charge in [0.25, 0.3) is 0 Å². The molecule has 0 spiro atoms. The Morgan fingerprint density at radius 1 is 1.13 bits per heavy atom. The van der Waals surface area contributed by atoms with E-state index in [0.717, 1.165) is 25.9 Å². The van der Waals surface area contributed by atoms with Crippen LogP contribution in [0.1, 0.15) is 24.0 Å². The van der Waals surface area contributed by atoms with Gasteiger partial charge in [-0.05, 0) is 48.1 Å². The summed E-state index contributed by atoms with van der Waals surface area (Å²) < 4.78 is 31.2. The van der Waals surface area contributed by atoms with Crippen LogP contribution in [0.15, 0.2) is 48.5 Å². The molecule has 2 aromatic rings. The molecule has 2 fully saturated rings. The fourth-order valence-corrected chi connectivity index (χ4v) is 4.90. The highest BCUT2D eigenvalue weighted by Gasteiger charge is 2.47. The van der Waals surface area contributed by atoms with E-state index in [-0.39, 0.29) is 24.3 Å². The van der Waals surface area contributed by atoms with Crippen molar-refractivity contribution in [3.63, 3.8) is 0 Å². The monoisotopic (exact) mass is 429 g/mol. The predicted octanol–water partition coefficient (Wildman–Crippen LogP) is 3.44. The van der Waals surface area contributed by atoms with E-state index < -0.39 is 5.60 Å². The average Bonchev–Trinajstić information content (AvgIpc) is 2.81. The van der Waals surface area contributed by atoms with Gasteiger partial charge in [-0.25, -0.2) is 4.39 Å². The van der Waals surface area contributed by atoms with Gasteiger partial charge in [-0.15, -0.1) is 0 Å². The van der Waals surface area contributed by atoms with Gasteiger partial charge in [0.15, 0.2) is 0 Å². The second-order valence-electron chi connectivity index (χ2n) is 8.59. The molecule has 168 valence electrons. The van der Waals surface area contributed by atoms with E-state index in [4.69, 9.17) is 14.2 Å². The molecule has 2 aliphatic heterocycles. The normalized spacial score (nSPS) is 22.7. The predicted molar refractivity (Wildman–Crippen MR) is 117 cm³/mol. The first kappa shape index (κ1) is 22.2. The Labute approximate surface area is 183 Å². The molecule has 0 bridgehead atoms. The van der Waals surface area contributed by atoms with Crippen LogP contribution in [-0.4, -0.2) is 61.7 Å². The van der Waals surface area contributed by atoms with Crippen molar-refractivity contribution in [2.75, 3.05) is 40.0 Å². The summed E-state index contributed by atoms with van der Waals surface area (Å²) in [6, 6.07) is 14.8. The van der Waals surface area contributed by atoms with Crippen molar-refractivity contribution in [2.45, 2.75) is 37.5 Å². The van der Waals surface area contributed by atoms with Gasteiger partial charge in [0, 0.05) is 39.3 Å². The Kier molecular flexibility index (Phi) is 7.23. The summed E-state index contributed by atoms with van der Waals surface area (Å²) >= 11 is 0. The first-order valence-corrected chi connectivity index (χ1v) is 11.1. The smallest absolute Gasteiger partial charge is 0.123 e. The van der Waals surface area contributed by atoms with Crippen molar-refractivity contribution in [2.24, 2.45) is 5.92 Å². The van der Waals surface area contributed by atoms with Crippen LogP contribution in [0.3, 0.4) is 0 Å². The molecule has 1 N–H and O–H groups in total. The van der Waals surface area contributed by atoms with Gasteiger partial charge >= 0.3 is 0 Å². The van der Waals surface area contributed by atoms with Gasteiger partial charge in [-0.2, -0.15) is 0 Å². The first-order valence-electron chi connectivity index (χ1n) is 11.1. The number of ether oxygens (including phenoxy) is 3. The van der Waals surface area contributed by atoms with Gasteiger partial charge in [0.2, 0.25) is 0 Å². The lowest BCUT2D eigenvalue weighted by Gasteiger charge is -2.47. The number of morpholine rings is 1. The fourth-order valence-electron chi connectivity index (χ4n) is 4.90. The standard InChI is InChI=1S/C25H32FNO4/c1-29-23-8-7-22(26)15-20(23)16-25(28,21-9-12-30-13-10-21)24-18-27(11-14-31-24)17-19-5-3-2-4-6-19/h2-8,15,21,24,28H,9-14,16-18H2,1H3/t24-,25+/m0/s1. The maximum Gasteiger partial charge on any atom is 0.123 e. The summed E-state index contributed by atoms with van der Waals surface area (Å²) in [6.07, 6.45) is 1.42. The number of hydrogen-bond donors (Lipinski definition) is 1. The highest BCUT2D eigenvalue weighted by atomic mass is 19.1. The van der Waals surface area contributed by atoms with Crippen molar-refractivity contribution in [3.05, 3.63) is 65.5 Å². The highest BCUT2D eigenvalue weighted by molar-refractivity contribution is 5.35. The molecule has 0 aromatic heterocycles. The number of aliphatic hydroxyl groups is 1. The van der Waals surface area contributed by atoms with E-state index in [9.17, 15) is 9.50 Å². The summed E-state index contributed by atoms with van der Waals surface area (Å²) in [5.74, 6) is 0.264. The molecule has 0 unspecified atom stereocenters. The van der Waals surface area contributed by atoms with Crippen molar-refractivity contribution < 1.29 is 23.7 Å². The van der Waals surface area contributed by atoms with Crippen molar-refractivity contribution in [1.29, 1.82) is 0 Å². The number of nitrogens with zero attached hydrogens (tertiary/aromatic N) is 1. The van der Waals surface area contributed by atoms with Crippen LogP contribution in [-0.2, 0) is 22.4 Å². The van der Waals surface area contributed by atoms with Gasteiger partial charge < -0.3 is 19.3 Å². The van der Waals surface area contributed by atoms with E-state index in [0.29, 0.717) is 37.7 Å². The summed E-state index contributed by atoms with van der Waals surface area (Å²) in [5.41, 5.74) is 0.769. The molecular weight excluding hydrogens is 397 g/mol. The number of benzene rings is 2. The molecule has 0 aliphatic carbocycles. The molecule has 0 amide bonds. The third-order valence-corrected chi connectivity index (χ3v) is 6.60. The van der Waals surface area contributed by atoms with Crippen LogP contribution in [0.5, 0.6) is 5.75 Å². The molecule has 6 heteroatoms. The first-order chi connectivity index (χ1) is 15.1. The van der Waals surface area contributed by atoms with E-state index in [2.05, 4.69) is 17.0 Å². The molecular formula is C25H32FNO4. The summed E-state index contributed by atoms with van der Waals surface area (Å²) in [7, 11) is 1.57. The topological polar surface area (TPSA) is 51.2 Å². The minimum atomic E-state index is -1.14. The number of methoxy groups -OCH3 is 1. The summed E-state index contributed by atoms with van der Waals surface area (Å²) in [4.78, 5) is 2.33. The van der Waals surface area contributed by atoms with Crippen LogP contribution in [0, 0.1) is 11.7 Å². The van der Waals surface area contributed by atoms with E-state index in [1.54, 1.807) is 13.2 Å². The van der Waals surface area contributed by atoms with Crippen LogP contribution in [0.2, 0.25) is 0 Å². The third kappa shape index (κ3) is 5.26. The fraction of sp³-hybridized carbons (Fsp3) is 0.520. The maximum atomic E-state index is 14.1.